The summed E-state index contributed by atoms with van der Waals surface area (Å²) >= 11 is 1.55. The van der Waals surface area contributed by atoms with Crippen LogP contribution in [0.2, 0.25) is 0 Å². The molecule has 0 bridgehead atoms. The Kier molecular flexibility index (Phi) is 6.77. The van der Waals surface area contributed by atoms with Gasteiger partial charge in [-0.05, 0) is 25.5 Å². The van der Waals surface area contributed by atoms with Crippen molar-refractivity contribution in [1.82, 2.24) is 10.3 Å². The van der Waals surface area contributed by atoms with Gasteiger partial charge in [0.25, 0.3) is 0 Å². The summed E-state index contributed by atoms with van der Waals surface area (Å²) in [6, 6.07) is 12.3. The summed E-state index contributed by atoms with van der Waals surface area (Å²) in [6.07, 6.45) is 0.559. The Bertz CT molecular complexity index is 974. The molecule has 1 heterocycles. The predicted octanol–water partition coefficient (Wildman–Crippen LogP) is 5.39. The van der Waals surface area contributed by atoms with Gasteiger partial charge in [-0.25, -0.2) is 9.78 Å². The summed E-state index contributed by atoms with van der Waals surface area (Å²) in [5.74, 6) is -0.0719. The number of halogens is 2. The summed E-state index contributed by atoms with van der Waals surface area (Å²) in [4.78, 5) is 16.8. The number of hydrogen-bond donors (Lipinski definition) is 2. The van der Waals surface area contributed by atoms with Crippen molar-refractivity contribution in [3.05, 3.63) is 64.7 Å². The Balaban J connectivity index is 1.54. The lowest BCUT2D eigenvalue weighted by molar-refractivity contribution is -0.0493. The number of rotatable bonds is 7. The van der Waals surface area contributed by atoms with Gasteiger partial charge in [-0.15, -0.1) is 11.3 Å². The van der Waals surface area contributed by atoms with E-state index in [4.69, 9.17) is 0 Å². The normalized spacial score (nSPS) is 10.8. The van der Waals surface area contributed by atoms with Crippen molar-refractivity contribution in [1.29, 1.82) is 0 Å². The monoisotopic (exact) mass is 417 g/mol. The van der Waals surface area contributed by atoms with Crippen molar-refractivity contribution >= 4 is 23.1 Å². The zero-order chi connectivity index (χ0) is 20.8. The molecule has 0 saturated carbocycles. The molecule has 0 radical (unpaired) electrons. The Morgan fingerprint density at radius 1 is 1.17 bits per heavy atom. The molecule has 0 aliphatic heterocycles. The smallest absolute Gasteiger partial charge is 0.387 e. The fraction of sp³-hybridized carbons (Fsp3) is 0.238. The average Bonchev–Trinajstić information content (AvgIpc) is 3.13. The van der Waals surface area contributed by atoms with E-state index in [0.717, 1.165) is 16.3 Å². The molecule has 1 aromatic heterocycles. The first kappa shape index (κ1) is 20.7. The van der Waals surface area contributed by atoms with Crippen molar-refractivity contribution < 1.29 is 18.3 Å². The van der Waals surface area contributed by atoms with Gasteiger partial charge in [0.1, 0.15) is 10.8 Å². The number of aryl methyl sites for hydroxylation is 2. The predicted molar refractivity (Wildman–Crippen MR) is 111 cm³/mol. The van der Waals surface area contributed by atoms with Crippen LogP contribution in [0.25, 0.3) is 10.6 Å². The van der Waals surface area contributed by atoms with Crippen LogP contribution < -0.4 is 15.4 Å². The van der Waals surface area contributed by atoms with Crippen molar-refractivity contribution in [2.45, 2.75) is 26.9 Å². The number of thiazole rings is 1. The number of hydrogen-bond acceptors (Lipinski definition) is 4. The maximum absolute atomic E-state index is 12.5. The molecule has 2 amide bonds. The minimum Gasteiger partial charge on any atom is -0.433 e. The largest absolute Gasteiger partial charge is 0.433 e. The van der Waals surface area contributed by atoms with Crippen molar-refractivity contribution in [3.63, 3.8) is 0 Å². The third-order valence-corrected chi connectivity index (χ3v) is 5.15. The maximum atomic E-state index is 12.5. The second-order valence-corrected chi connectivity index (χ2v) is 7.33. The summed E-state index contributed by atoms with van der Waals surface area (Å²) in [6.45, 7) is 1.14. The third kappa shape index (κ3) is 5.74. The van der Waals surface area contributed by atoms with Gasteiger partial charge >= 0.3 is 12.6 Å². The van der Waals surface area contributed by atoms with Crippen molar-refractivity contribution in [3.8, 4) is 16.3 Å². The zero-order valence-corrected chi connectivity index (χ0v) is 16.9. The van der Waals surface area contributed by atoms with E-state index in [2.05, 4.69) is 20.4 Å². The van der Waals surface area contributed by atoms with Gasteiger partial charge in [0, 0.05) is 23.9 Å². The number of aromatic nitrogens is 1. The van der Waals surface area contributed by atoms with Crippen LogP contribution in [0.3, 0.4) is 0 Å². The summed E-state index contributed by atoms with van der Waals surface area (Å²) in [5.41, 5.74) is 3.98. The summed E-state index contributed by atoms with van der Waals surface area (Å²) in [7, 11) is 0. The average molecular weight is 417 g/mol. The first-order valence-corrected chi connectivity index (χ1v) is 9.91. The number of urea groups is 1. The lowest BCUT2D eigenvalue weighted by Gasteiger charge is -2.14. The molecule has 0 saturated heterocycles. The van der Waals surface area contributed by atoms with Crippen LogP contribution in [0.1, 0.15) is 16.8 Å². The van der Waals surface area contributed by atoms with Gasteiger partial charge in [0.2, 0.25) is 0 Å². The van der Waals surface area contributed by atoms with E-state index in [1.54, 1.807) is 30.4 Å². The minimum atomic E-state index is -2.96. The number of carbonyl (C=O) groups is 1. The molecule has 3 aromatic rings. The maximum Gasteiger partial charge on any atom is 0.387 e. The van der Waals surface area contributed by atoms with E-state index < -0.39 is 12.6 Å². The first-order valence-electron chi connectivity index (χ1n) is 9.03. The number of nitrogens with zero attached hydrogens (tertiary/aromatic N) is 1. The number of carbonyl (C=O) groups excluding carboxylic acids is 1. The highest BCUT2D eigenvalue weighted by Crippen LogP contribution is 2.29. The number of ether oxygens (including phenoxy) is 1. The quantitative estimate of drug-likeness (QED) is 0.542. The van der Waals surface area contributed by atoms with Crippen LogP contribution in [-0.2, 0) is 6.42 Å². The molecule has 2 N–H and O–H groups in total. The molecule has 0 fully saturated rings. The molecule has 0 unspecified atom stereocenters. The molecule has 0 atom stereocenters. The van der Waals surface area contributed by atoms with Gasteiger partial charge < -0.3 is 15.4 Å². The number of nitrogens with one attached hydrogen (secondary N) is 2. The van der Waals surface area contributed by atoms with E-state index in [-0.39, 0.29) is 11.4 Å². The van der Waals surface area contributed by atoms with Gasteiger partial charge in [0.05, 0.1) is 11.4 Å². The molecule has 152 valence electrons. The number of para-hydroxylation sites is 1. The highest BCUT2D eigenvalue weighted by molar-refractivity contribution is 7.13. The SMILES string of the molecule is Cc1ccc(-c2nc(CCNC(=O)Nc3c(C)cccc3OC(F)F)cs2)cc1. The van der Waals surface area contributed by atoms with Crippen LogP contribution in [0, 0.1) is 13.8 Å². The van der Waals surface area contributed by atoms with E-state index in [1.807, 2.05) is 36.6 Å². The number of anilines is 1. The van der Waals surface area contributed by atoms with E-state index in [1.165, 1.54) is 11.6 Å². The van der Waals surface area contributed by atoms with Gasteiger partial charge in [-0.1, -0.05) is 42.0 Å². The molecule has 29 heavy (non-hydrogen) atoms. The molecule has 3 rings (SSSR count). The molecule has 0 aliphatic rings. The number of amides is 2. The van der Waals surface area contributed by atoms with E-state index in [9.17, 15) is 13.6 Å². The molecule has 5 nitrogen and oxygen atoms in total. The number of benzene rings is 2. The van der Waals surface area contributed by atoms with Gasteiger partial charge in [0.15, 0.2) is 0 Å². The van der Waals surface area contributed by atoms with Crippen LogP contribution in [0.5, 0.6) is 5.75 Å². The lowest BCUT2D eigenvalue weighted by atomic mass is 10.2. The van der Waals surface area contributed by atoms with Crippen LogP contribution in [0.4, 0.5) is 19.3 Å². The molecule has 2 aromatic carbocycles. The molecular formula is C21H21F2N3O2S. The van der Waals surface area contributed by atoms with Crippen molar-refractivity contribution in [2.24, 2.45) is 0 Å². The summed E-state index contributed by atoms with van der Waals surface area (Å²) in [5, 5.41) is 8.19. The molecular weight excluding hydrogens is 396 g/mol. The van der Waals surface area contributed by atoms with Crippen LogP contribution in [-0.4, -0.2) is 24.2 Å². The highest BCUT2D eigenvalue weighted by Gasteiger charge is 2.14. The van der Waals surface area contributed by atoms with E-state index in [0.29, 0.717) is 18.5 Å². The molecule has 0 aliphatic carbocycles. The van der Waals surface area contributed by atoms with Gasteiger partial charge in [-0.3, -0.25) is 0 Å². The Hall–Kier alpha value is -3.00. The van der Waals surface area contributed by atoms with Crippen molar-refractivity contribution in [2.75, 3.05) is 11.9 Å². The van der Waals surface area contributed by atoms with E-state index >= 15 is 0 Å². The topological polar surface area (TPSA) is 63.2 Å². The molecule has 8 heteroatoms. The fourth-order valence-corrected chi connectivity index (χ4v) is 3.57. The third-order valence-electron chi connectivity index (χ3n) is 4.21. The second kappa shape index (κ2) is 9.47. The van der Waals surface area contributed by atoms with Gasteiger partial charge in [-0.2, -0.15) is 8.78 Å². The minimum absolute atomic E-state index is 0.0719. The lowest BCUT2D eigenvalue weighted by Crippen LogP contribution is -2.31. The Morgan fingerprint density at radius 2 is 1.93 bits per heavy atom. The highest BCUT2D eigenvalue weighted by atomic mass is 32.1. The zero-order valence-electron chi connectivity index (χ0n) is 16.0. The standard InChI is InChI=1S/C21H21F2N3O2S/c1-13-6-8-15(9-7-13)19-25-16(12-29-19)10-11-24-21(27)26-18-14(2)4-3-5-17(18)28-20(22)23/h3-9,12,20H,10-11H2,1-2H3,(H2,24,26,27). The Morgan fingerprint density at radius 3 is 2.66 bits per heavy atom. The number of alkyl halides is 2. The van der Waals surface area contributed by atoms with Crippen LogP contribution in [0.15, 0.2) is 47.8 Å². The van der Waals surface area contributed by atoms with Crippen LogP contribution >= 0.6 is 11.3 Å². The summed E-state index contributed by atoms with van der Waals surface area (Å²) < 4.78 is 29.6. The first-order chi connectivity index (χ1) is 13.9. The molecule has 0 spiro atoms. The Labute approximate surface area is 171 Å². The fourth-order valence-electron chi connectivity index (χ4n) is 2.71. The second-order valence-electron chi connectivity index (χ2n) is 6.47.